The van der Waals surface area contributed by atoms with Crippen molar-refractivity contribution >= 4 is 34.2 Å². The fourth-order valence-electron chi connectivity index (χ4n) is 1.35. The maximum atomic E-state index is 5.20. The summed E-state index contributed by atoms with van der Waals surface area (Å²) in [7, 11) is 3.78. The van der Waals surface area contributed by atoms with Crippen molar-refractivity contribution in [2.45, 2.75) is 27.7 Å². The van der Waals surface area contributed by atoms with Crippen molar-refractivity contribution in [3.8, 4) is 0 Å². The van der Waals surface area contributed by atoms with Crippen LogP contribution in [0.25, 0.3) is 0 Å². The molecule has 0 saturated carbocycles. The third-order valence-corrected chi connectivity index (χ3v) is 3.17. The Kier molecular flexibility index (Phi) is 6.45. The molecule has 0 unspecified atom stereocenters. The molecule has 0 aliphatic heterocycles. The highest BCUT2D eigenvalue weighted by Crippen LogP contribution is 2.15. The van der Waals surface area contributed by atoms with Crippen LogP contribution in [0.2, 0.25) is 0 Å². The average Bonchev–Trinajstić information content (AvgIpc) is 2.23. The Bertz CT molecular complexity index is 329. The molecule has 0 aromatic heterocycles. The van der Waals surface area contributed by atoms with Gasteiger partial charge in [-0.05, 0) is 38.8 Å². The molecule has 0 fully saturated rings. The molecule has 0 saturated heterocycles. The van der Waals surface area contributed by atoms with Crippen LogP contribution in [0.1, 0.15) is 27.7 Å². The van der Waals surface area contributed by atoms with E-state index in [2.05, 4.69) is 10.6 Å². The van der Waals surface area contributed by atoms with E-state index in [4.69, 9.17) is 24.4 Å². The van der Waals surface area contributed by atoms with E-state index in [1.54, 1.807) is 0 Å². The minimum Gasteiger partial charge on any atom is -0.386 e. The van der Waals surface area contributed by atoms with Crippen molar-refractivity contribution in [3.05, 3.63) is 22.5 Å². The van der Waals surface area contributed by atoms with Gasteiger partial charge in [0.25, 0.3) is 0 Å². The van der Waals surface area contributed by atoms with Crippen molar-refractivity contribution in [1.82, 2.24) is 10.6 Å². The van der Waals surface area contributed by atoms with Crippen LogP contribution in [0.5, 0.6) is 0 Å². The number of allylic oxidation sites excluding steroid dienone is 2. The summed E-state index contributed by atoms with van der Waals surface area (Å²) in [4.78, 5) is 1.76. The van der Waals surface area contributed by atoms with Crippen molar-refractivity contribution in [2.75, 3.05) is 14.1 Å². The van der Waals surface area contributed by atoms with Gasteiger partial charge < -0.3 is 10.6 Å². The van der Waals surface area contributed by atoms with Crippen LogP contribution in [-0.2, 0) is 0 Å². The number of rotatable bonds is 5. The molecule has 0 bridgehead atoms. The zero-order valence-corrected chi connectivity index (χ0v) is 12.4. The summed E-state index contributed by atoms with van der Waals surface area (Å²) in [5.41, 5.74) is 4.16. The Morgan fingerprint density at radius 3 is 1.06 bits per heavy atom. The van der Waals surface area contributed by atoms with E-state index in [0.29, 0.717) is 0 Å². The highest BCUT2D eigenvalue weighted by molar-refractivity contribution is 7.81. The quantitative estimate of drug-likeness (QED) is 0.449. The molecule has 0 rings (SSSR count). The highest BCUT2D eigenvalue weighted by Gasteiger charge is 2.11. The largest absolute Gasteiger partial charge is 0.386 e. The summed E-state index contributed by atoms with van der Waals surface area (Å²) in [6.07, 6.45) is 0. The maximum absolute atomic E-state index is 5.20. The highest BCUT2D eigenvalue weighted by atomic mass is 32.1. The smallest absolute Gasteiger partial charge is 0.0617 e. The minimum atomic E-state index is 0.881. The van der Waals surface area contributed by atoms with E-state index in [-0.39, 0.29) is 0 Å². The van der Waals surface area contributed by atoms with Crippen LogP contribution in [0, 0.1) is 0 Å². The number of likely N-dealkylation sites (N-methyl/N-ethyl adjacent to an activating group) is 2. The van der Waals surface area contributed by atoms with Gasteiger partial charge in [0.05, 0.1) is 11.4 Å². The number of hydrogen-bond acceptors (Lipinski definition) is 4. The summed E-state index contributed by atoms with van der Waals surface area (Å²) < 4.78 is 0. The zero-order valence-electron chi connectivity index (χ0n) is 10.8. The predicted molar refractivity (Wildman–Crippen MR) is 80.1 cm³/mol. The van der Waals surface area contributed by atoms with Crippen LogP contribution >= 0.6 is 24.4 Å². The molecule has 4 heteroatoms. The molecular formula is C12H20N2S2. The summed E-state index contributed by atoms with van der Waals surface area (Å²) >= 11 is 10.4. The number of hydrogen-bond donors (Lipinski definition) is 2. The van der Waals surface area contributed by atoms with Gasteiger partial charge in [-0.3, -0.25) is 0 Å². The molecule has 90 valence electrons. The molecule has 2 N–H and O–H groups in total. The maximum Gasteiger partial charge on any atom is 0.0617 e. The molecular weight excluding hydrogens is 236 g/mol. The Morgan fingerprint density at radius 2 is 0.938 bits per heavy atom. The van der Waals surface area contributed by atoms with Gasteiger partial charge in [0.2, 0.25) is 0 Å². The SMILES string of the molecule is CNC(=C(C)C(C)=S)C(NC)=C(C)C(C)=S. The van der Waals surface area contributed by atoms with Gasteiger partial charge in [-0.25, -0.2) is 0 Å². The van der Waals surface area contributed by atoms with Crippen LogP contribution in [0.4, 0.5) is 0 Å². The molecule has 0 spiro atoms. The van der Waals surface area contributed by atoms with Crippen LogP contribution in [0.15, 0.2) is 22.5 Å². The van der Waals surface area contributed by atoms with Gasteiger partial charge in [-0.1, -0.05) is 24.4 Å². The van der Waals surface area contributed by atoms with Crippen molar-refractivity contribution in [2.24, 2.45) is 0 Å². The first-order valence-corrected chi connectivity index (χ1v) is 5.97. The molecule has 0 heterocycles. The summed E-state index contributed by atoms with van der Waals surface area (Å²) in [5, 5.41) is 6.36. The molecule has 0 aliphatic rings. The van der Waals surface area contributed by atoms with Gasteiger partial charge in [0.15, 0.2) is 0 Å². The lowest BCUT2D eigenvalue weighted by atomic mass is 10.1. The van der Waals surface area contributed by atoms with E-state index in [9.17, 15) is 0 Å². The standard InChI is InChI=1S/C12H20N2S2/c1-7(9(3)15)11(13-5)12(14-6)8(2)10(4)16/h13-14H,1-6H3. The predicted octanol–water partition coefficient (Wildman–Crippen LogP) is 2.75. The Morgan fingerprint density at radius 1 is 0.688 bits per heavy atom. The lowest BCUT2D eigenvalue weighted by molar-refractivity contribution is 0.888. The zero-order chi connectivity index (χ0) is 12.9. The fourth-order valence-corrected chi connectivity index (χ4v) is 1.56. The van der Waals surface area contributed by atoms with Gasteiger partial charge in [-0.15, -0.1) is 0 Å². The van der Waals surface area contributed by atoms with Crippen molar-refractivity contribution in [1.29, 1.82) is 0 Å². The molecule has 0 amide bonds. The van der Waals surface area contributed by atoms with Crippen LogP contribution in [0.3, 0.4) is 0 Å². The monoisotopic (exact) mass is 256 g/mol. The van der Waals surface area contributed by atoms with E-state index in [1.807, 2.05) is 41.8 Å². The van der Waals surface area contributed by atoms with E-state index >= 15 is 0 Å². The van der Waals surface area contributed by atoms with Gasteiger partial charge >= 0.3 is 0 Å². The Labute approximate surface area is 109 Å². The average molecular weight is 256 g/mol. The third kappa shape index (κ3) is 3.68. The molecule has 0 atom stereocenters. The first-order valence-electron chi connectivity index (χ1n) is 5.16. The number of thiocarbonyl (C=S) groups is 2. The Balaban J connectivity index is 5.73. The van der Waals surface area contributed by atoms with Crippen LogP contribution in [-0.4, -0.2) is 23.8 Å². The number of nitrogens with one attached hydrogen (secondary N) is 2. The van der Waals surface area contributed by atoms with Crippen molar-refractivity contribution < 1.29 is 0 Å². The van der Waals surface area contributed by atoms with E-state index in [0.717, 1.165) is 32.3 Å². The van der Waals surface area contributed by atoms with E-state index in [1.165, 1.54) is 0 Å². The fraction of sp³-hybridized carbons (Fsp3) is 0.500. The normalized spacial score (nSPS) is 13.6. The summed E-state index contributed by atoms with van der Waals surface area (Å²) in [6.45, 7) is 7.87. The second-order valence-electron chi connectivity index (χ2n) is 3.61. The topological polar surface area (TPSA) is 24.1 Å². The minimum absolute atomic E-state index is 0.881. The first-order chi connectivity index (χ1) is 7.36. The summed E-state index contributed by atoms with van der Waals surface area (Å²) in [5.74, 6) is 0. The second-order valence-corrected chi connectivity index (χ2v) is 4.84. The van der Waals surface area contributed by atoms with Gasteiger partial charge in [-0.2, -0.15) is 0 Å². The van der Waals surface area contributed by atoms with Crippen molar-refractivity contribution in [3.63, 3.8) is 0 Å². The van der Waals surface area contributed by atoms with Gasteiger partial charge in [0.1, 0.15) is 0 Å². The molecule has 2 nitrogen and oxygen atoms in total. The molecule has 0 aliphatic carbocycles. The lowest BCUT2D eigenvalue weighted by Crippen LogP contribution is -2.23. The molecule has 0 aromatic carbocycles. The van der Waals surface area contributed by atoms with Crippen LogP contribution < -0.4 is 10.6 Å². The third-order valence-electron chi connectivity index (χ3n) is 2.56. The Hall–Kier alpha value is -0.740. The van der Waals surface area contributed by atoms with Gasteiger partial charge in [0, 0.05) is 23.8 Å². The summed E-state index contributed by atoms with van der Waals surface area (Å²) in [6, 6.07) is 0. The second kappa shape index (κ2) is 6.76. The lowest BCUT2D eigenvalue weighted by Gasteiger charge is -2.18. The molecule has 0 aromatic rings. The molecule has 16 heavy (non-hydrogen) atoms. The first kappa shape index (κ1) is 15.3. The molecule has 0 radical (unpaired) electrons. The van der Waals surface area contributed by atoms with E-state index < -0.39 is 0 Å².